The second-order valence-corrected chi connectivity index (χ2v) is 4.11. The number of allylic oxidation sites excluding steroid dienone is 5. The number of unbranched alkanes of at least 4 members (excludes halogenated alkanes) is 2. The minimum Gasteiger partial charge on any atom is -0.199 e. The molecule has 0 amide bonds. The number of rotatable bonds is 8. The Morgan fingerprint density at radius 2 is 1.88 bits per heavy atom. The minimum absolute atomic E-state index is 0.829. The van der Waals surface area contributed by atoms with Crippen LogP contribution in [-0.4, -0.2) is 0 Å². The van der Waals surface area contributed by atoms with E-state index < -0.39 is 0 Å². The minimum atomic E-state index is 0.829. The average molecular weight is 233 g/mol. The molecule has 1 unspecified atom stereocenters. The van der Waals surface area contributed by atoms with Crippen molar-refractivity contribution in [1.82, 2.24) is 0 Å². The fraction of sp³-hybridized carbons (Fsp3) is 0.562. The van der Waals surface area contributed by atoms with E-state index in [1.165, 1.54) is 39.0 Å². The first-order valence-corrected chi connectivity index (χ1v) is 6.47. The summed E-state index contributed by atoms with van der Waals surface area (Å²) in [6.45, 7) is 9.64. The summed E-state index contributed by atoms with van der Waals surface area (Å²) in [5.41, 5.74) is 0. The van der Waals surface area contributed by atoms with Gasteiger partial charge in [0, 0.05) is 6.92 Å². The van der Waals surface area contributed by atoms with Gasteiger partial charge in [-0.2, -0.15) is 5.26 Å². The SMILES string of the molecule is C=C/C=C\C=C/CC(C)CCCCC.CC#N. The quantitative estimate of drug-likeness (QED) is 0.405. The molecule has 0 N–H and O–H groups in total. The van der Waals surface area contributed by atoms with Gasteiger partial charge in [0.15, 0.2) is 0 Å². The van der Waals surface area contributed by atoms with Crippen molar-refractivity contribution in [3.05, 3.63) is 37.0 Å². The summed E-state index contributed by atoms with van der Waals surface area (Å²) in [7, 11) is 0. The van der Waals surface area contributed by atoms with Crippen LogP contribution in [0.3, 0.4) is 0 Å². The molecule has 0 aromatic heterocycles. The molecule has 17 heavy (non-hydrogen) atoms. The fourth-order valence-electron chi connectivity index (χ4n) is 1.39. The molecule has 0 radical (unpaired) electrons. The lowest BCUT2D eigenvalue weighted by Crippen LogP contribution is -1.91. The van der Waals surface area contributed by atoms with E-state index in [0.717, 1.165) is 5.92 Å². The molecule has 0 aromatic rings. The largest absolute Gasteiger partial charge is 0.199 e. The lowest BCUT2D eigenvalue weighted by Gasteiger charge is -2.06. The molecule has 0 aliphatic rings. The van der Waals surface area contributed by atoms with Crippen LogP contribution in [-0.2, 0) is 0 Å². The standard InChI is InChI=1S/C14H24.C2H3N/c1-4-6-8-9-11-13-14(3)12-10-7-5-2;1-2-3/h4,6,8-9,11,14H,1,5,7,10,12-13H2,2-3H3;1H3/b8-6-,11-9-;. The first kappa shape index (κ1) is 18.1. The summed E-state index contributed by atoms with van der Waals surface area (Å²) in [4.78, 5) is 0. The van der Waals surface area contributed by atoms with E-state index in [2.05, 4.69) is 32.6 Å². The lowest BCUT2D eigenvalue weighted by atomic mass is 10.00. The molecule has 0 aliphatic carbocycles. The Morgan fingerprint density at radius 3 is 2.41 bits per heavy atom. The van der Waals surface area contributed by atoms with Gasteiger partial charge in [-0.15, -0.1) is 0 Å². The van der Waals surface area contributed by atoms with Crippen LogP contribution in [0.1, 0.15) is 52.9 Å². The Bertz CT molecular complexity index is 243. The molecule has 1 atom stereocenters. The van der Waals surface area contributed by atoms with Crippen molar-refractivity contribution in [2.24, 2.45) is 5.92 Å². The van der Waals surface area contributed by atoms with Crippen LogP contribution < -0.4 is 0 Å². The van der Waals surface area contributed by atoms with Crippen molar-refractivity contribution in [2.75, 3.05) is 0 Å². The van der Waals surface area contributed by atoms with Crippen molar-refractivity contribution in [2.45, 2.75) is 52.9 Å². The van der Waals surface area contributed by atoms with Crippen LogP contribution in [0.15, 0.2) is 37.0 Å². The molecule has 1 nitrogen and oxygen atoms in total. The second kappa shape index (κ2) is 17.1. The highest BCUT2D eigenvalue weighted by atomic mass is 14.2. The normalized spacial score (nSPS) is 11.9. The van der Waals surface area contributed by atoms with Crippen molar-refractivity contribution in [1.29, 1.82) is 5.26 Å². The van der Waals surface area contributed by atoms with E-state index in [9.17, 15) is 0 Å². The summed E-state index contributed by atoms with van der Waals surface area (Å²) in [6, 6.07) is 1.75. The van der Waals surface area contributed by atoms with Gasteiger partial charge in [-0.3, -0.25) is 0 Å². The van der Waals surface area contributed by atoms with Crippen molar-refractivity contribution in [3.8, 4) is 6.07 Å². The lowest BCUT2D eigenvalue weighted by molar-refractivity contribution is 0.501. The molecule has 0 heterocycles. The Morgan fingerprint density at radius 1 is 1.24 bits per heavy atom. The highest BCUT2D eigenvalue weighted by Gasteiger charge is 1.97. The molecule has 0 aromatic carbocycles. The zero-order valence-electron chi connectivity index (χ0n) is 11.7. The van der Waals surface area contributed by atoms with Crippen LogP contribution in [0, 0.1) is 17.2 Å². The highest BCUT2D eigenvalue weighted by Crippen LogP contribution is 2.13. The molecule has 0 spiro atoms. The topological polar surface area (TPSA) is 23.8 Å². The number of nitrogens with zero attached hydrogens (tertiary/aromatic N) is 1. The Kier molecular flexibility index (Phi) is 18.2. The van der Waals surface area contributed by atoms with E-state index in [1.807, 2.05) is 12.2 Å². The maximum absolute atomic E-state index is 7.32. The number of hydrogen-bond donors (Lipinski definition) is 0. The van der Waals surface area contributed by atoms with Gasteiger partial charge < -0.3 is 0 Å². The predicted octanol–water partition coefficient (Wildman–Crippen LogP) is 5.42. The predicted molar refractivity (Wildman–Crippen MR) is 77.7 cm³/mol. The van der Waals surface area contributed by atoms with Gasteiger partial charge in [0.05, 0.1) is 6.07 Å². The third kappa shape index (κ3) is 20.7. The fourth-order valence-corrected chi connectivity index (χ4v) is 1.39. The molecule has 0 aliphatic heterocycles. The number of nitriles is 1. The average Bonchev–Trinajstić information content (AvgIpc) is 2.30. The molecule has 0 bridgehead atoms. The van der Waals surface area contributed by atoms with Crippen molar-refractivity contribution >= 4 is 0 Å². The number of hydrogen-bond acceptors (Lipinski definition) is 1. The van der Waals surface area contributed by atoms with Gasteiger partial charge in [0.25, 0.3) is 0 Å². The first-order chi connectivity index (χ1) is 8.22. The van der Waals surface area contributed by atoms with Gasteiger partial charge in [-0.05, 0) is 12.3 Å². The van der Waals surface area contributed by atoms with Gasteiger partial charge in [-0.1, -0.05) is 76.5 Å². The summed E-state index contributed by atoms with van der Waals surface area (Å²) in [6.07, 6.45) is 16.8. The molecular weight excluding hydrogens is 206 g/mol. The first-order valence-electron chi connectivity index (χ1n) is 6.47. The summed E-state index contributed by atoms with van der Waals surface area (Å²) < 4.78 is 0. The molecule has 0 rings (SSSR count). The van der Waals surface area contributed by atoms with Crippen LogP contribution >= 0.6 is 0 Å². The maximum atomic E-state index is 7.32. The van der Waals surface area contributed by atoms with E-state index >= 15 is 0 Å². The van der Waals surface area contributed by atoms with Crippen molar-refractivity contribution in [3.63, 3.8) is 0 Å². The molecule has 0 saturated carbocycles. The van der Waals surface area contributed by atoms with Crippen LogP contribution in [0.4, 0.5) is 0 Å². The zero-order valence-corrected chi connectivity index (χ0v) is 11.7. The third-order valence-electron chi connectivity index (χ3n) is 2.33. The van der Waals surface area contributed by atoms with Gasteiger partial charge in [0.1, 0.15) is 0 Å². The Balaban J connectivity index is 0. The van der Waals surface area contributed by atoms with Crippen LogP contribution in [0.2, 0.25) is 0 Å². The van der Waals surface area contributed by atoms with Crippen LogP contribution in [0.25, 0.3) is 0 Å². The van der Waals surface area contributed by atoms with Crippen molar-refractivity contribution < 1.29 is 0 Å². The molecule has 1 heteroatoms. The molecule has 96 valence electrons. The summed E-state index contributed by atoms with van der Waals surface area (Å²) in [5, 5.41) is 7.32. The second-order valence-electron chi connectivity index (χ2n) is 4.11. The Hall–Kier alpha value is -1.29. The van der Waals surface area contributed by atoms with Gasteiger partial charge in [0.2, 0.25) is 0 Å². The smallest absolute Gasteiger partial charge is 0.0587 e. The third-order valence-corrected chi connectivity index (χ3v) is 2.33. The monoisotopic (exact) mass is 233 g/mol. The molecular formula is C16H27N. The van der Waals surface area contributed by atoms with Crippen LogP contribution in [0.5, 0.6) is 0 Å². The van der Waals surface area contributed by atoms with Gasteiger partial charge in [-0.25, -0.2) is 0 Å². The molecule has 0 fully saturated rings. The van der Waals surface area contributed by atoms with E-state index in [4.69, 9.17) is 5.26 Å². The molecule has 0 saturated heterocycles. The van der Waals surface area contributed by atoms with Gasteiger partial charge >= 0.3 is 0 Å². The Labute approximate surface area is 108 Å². The van der Waals surface area contributed by atoms with E-state index in [0.29, 0.717) is 0 Å². The zero-order chi connectivity index (χ0) is 13.4. The summed E-state index contributed by atoms with van der Waals surface area (Å²) in [5.74, 6) is 0.829. The van der Waals surface area contributed by atoms with E-state index in [-0.39, 0.29) is 0 Å². The highest BCUT2D eigenvalue weighted by molar-refractivity contribution is 5.08. The van der Waals surface area contributed by atoms with E-state index in [1.54, 1.807) is 12.1 Å². The summed E-state index contributed by atoms with van der Waals surface area (Å²) >= 11 is 0. The maximum Gasteiger partial charge on any atom is 0.0587 e.